The van der Waals surface area contributed by atoms with Gasteiger partial charge in [0.15, 0.2) is 0 Å². The molecular formula is C17H20N4O3. The summed E-state index contributed by atoms with van der Waals surface area (Å²) in [6.45, 7) is 3.44. The van der Waals surface area contributed by atoms with E-state index < -0.39 is 0 Å². The Morgan fingerprint density at radius 1 is 1.12 bits per heavy atom. The number of nitrogens with zero attached hydrogens (tertiary/aromatic N) is 1. The molecule has 1 aliphatic heterocycles. The molecule has 0 spiro atoms. The zero-order valence-corrected chi connectivity index (χ0v) is 13.5. The fourth-order valence-electron chi connectivity index (χ4n) is 2.68. The second-order valence-corrected chi connectivity index (χ2v) is 5.84. The first-order valence-corrected chi connectivity index (χ1v) is 7.98. The largest absolute Gasteiger partial charge is 0.361 e. The van der Waals surface area contributed by atoms with Crippen molar-refractivity contribution in [2.45, 2.75) is 19.8 Å². The summed E-state index contributed by atoms with van der Waals surface area (Å²) in [5.41, 5.74) is 1.76. The third-order valence-corrected chi connectivity index (χ3v) is 4.12. The molecular weight excluding hydrogens is 308 g/mol. The second kappa shape index (κ2) is 7.27. The van der Waals surface area contributed by atoms with Crippen molar-refractivity contribution in [2.24, 2.45) is 5.92 Å². The number of aromatic nitrogens is 1. The van der Waals surface area contributed by atoms with Gasteiger partial charge in [-0.3, -0.25) is 9.59 Å². The van der Waals surface area contributed by atoms with Crippen molar-refractivity contribution in [3.8, 4) is 0 Å². The standard InChI is InChI=1S/C17H20N4O3/c1-11-15(10-19-24-11)17(23)21-14-4-2-13(3-5-14)20-16(22)12-6-8-18-9-7-12/h2-5,10,12,18H,6-9H2,1H3,(H,20,22)(H,21,23). The Morgan fingerprint density at radius 2 is 1.75 bits per heavy atom. The van der Waals surface area contributed by atoms with Gasteiger partial charge in [-0.15, -0.1) is 0 Å². The van der Waals surface area contributed by atoms with E-state index in [4.69, 9.17) is 4.52 Å². The normalized spacial score (nSPS) is 15.0. The molecule has 0 radical (unpaired) electrons. The highest BCUT2D eigenvalue weighted by molar-refractivity contribution is 6.04. The Balaban J connectivity index is 1.58. The first-order valence-electron chi connectivity index (χ1n) is 7.98. The van der Waals surface area contributed by atoms with Gasteiger partial charge in [0.25, 0.3) is 5.91 Å². The number of carbonyl (C=O) groups is 2. The Morgan fingerprint density at radius 3 is 2.33 bits per heavy atom. The maximum Gasteiger partial charge on any atom is 0.260 e. The molecule has 2 amide bonds. The predicted molar refractivity (Wildman–Crippen MR) is 89.9 cm³/mol. The molecule has 126 valence electrons. The topological polar surface area (TPSA) is 96.3 Å². The number of carbonyl (C=O) groups excluding carboxylic acids is 2. The van der Waals surface area contributed by atoms with Gasteiger partial charge in [0, 0.05) is 17.3 Å². The van der Waals surface area contributed by atoms with Crippen LogP contribution >= 0.6 is 0 Å². The van der Waals surface area contributed by atoms with E-state index in [1.165, 1.54) is 6.20 Å². The van der Waals surface area contributed by atoms with Crippen molar-refractivity contribution in [3.05, 3.63) is 41.8 Å². The maximum absolute atomic E-state index is 12.2. The number of piperidine rings is 1. The predicted octanol–water partition coefficient (Wildman–Crippen LogP) is 2.17. The highest BCUT2D eigenvalue weighted by atomic mass is 16.5. The Bertz CT molecular complexity index is 718. The highest BCUT2D eigenvalue weighted by Crippen LogP contribution is 2.18. The van der Waals surface area contributed by atoms with Crippen LogP contribution in [-0.4, -0.2) is 30.1 Å². The Hall–Kier alpha value is -2.67. The molecule has 0 unspecified atom stereocenters. The van der Waals surface area contributed by atoms with Crippen molar-refractivity contribution in [3.63, 3.8) is 0 Å². The number of amides is 2. The summed E-state index contributed by atoms with van der Waals surface area (Å²) < 4.78 is 4.88. The smallest absolute Gasteiger partial charge is 0.260 e. The van der Waals surface area contributed by atoms with Crippen LogP contribution in [0.2, 0.25) is 0 Å². The third-order valence-electron chi connectivity index (χ3n) is 4.12. The van der Waals surface area contributed by atoms with E-state index >= 15 is 0 Å². The number of hydrogen-bond acceptors (Lipinski definition) is 5. The minimum atomic E-state index is -0.278. The molecule has 3 rings (SSSR count). The van der Waals surface area contributed by atoms with Crippen LogP contribution in [0.5, 0.6) is 0 Å². The van der Waals surface area contributed by atoms with Crippen LogP contribution in [0.25, 0.3) is 0 Å². The summed E-state index contributed by atoms with van der Waals surface area (Å²) in [7, 11) is 0. The lowest BCUT2D eigenvalue weighted by Crippen LogP contribution is -2.34. The minimum Gasteiger partial charge on any atom is -0.361 e. The Labute approximate surface area is 139 Å². The molecule has 1 aliphatic rings. The zero-order valence-electron chi connectivity index (χ0n) is 13.5. The lowest BCUT2D eigenvalue weighted by atomic mass is 9.97. The summed E-state index contributed by atoms with van der Waals surface area (Å²) in [6, 6.07) is 7.04. The molecule has 1 fully saturated rings. The van der Waals surface area contributed by atoms with E-state index in [0.29, 0.717) is 17.0 Å². The molecule has 0 aliphatic carbocycles. The molecule has 1 saturated heterocycles. The molecule has 2 aromatic rings. The molecule has 0 atom stereocenters. The number of aryl methyl sites for hydroxylation is 1. The van der Waals surface area contributed by atoms with Crippen LogP contribution in [-0.2, 0) is 4.79 Å². The molecule has 1 aromatic carbocycles. The quantitative estimate of drug-likeness (QED) is 0.799. The van der Waals surface area contributed by atoms with Crippen molar-refractivity contribution >= 4 is 23.2 Å². The van der Waals surface area contributed by atoms with E-state index in [0.717, 1.165) is 31.6 Å². The average Bonchev–Trinajstić information content (AvgIpc) is 3.03. The van der Waals surface area contributed by atoms with Gasteiger partial charge in [-0.05, 0) is 57.1 Å². The monoisotopic (exact) mass is 328 g/mol. The van der Waals surface area contributed by atoms with Gasteiger partial charge in [-0.1, -0.05) is 5.16 Å². The lowest BCUT2D eigenvalue weighted by molar-refractivity contribution is -0.120. The van der Waals surface area contributed by atoms with E-state index in [1.807, 2.05) is 0 Å². The average molecular weight is 328 g/mol. The first-order chi connectivity index (χ1) is 11.6. The molecule has 0 saturated carbocycles. The fraction of sp³-hybridized carbons (Fsp3) is 0.353. The number of anilines is 2. The summed E-state index contributed by atoms with van der Waals surface area (Å²) in [6.07, 6.45) is 3.11. The van der Waals surface area contributed by atoms with E-state index in [2.05, 4.69) is 21.1 Å². The number of rotatable bonds is 4. The first kappa shape index (κ1) is 16.2. The molecule has 2 heterocycles. The summed E-state index contributed by atoms with van der Waals surface area (Å²) in [5, 5.41) is 12.5. The van der Waals surface area contributed by atoms with Crippen LogP contribution < -0.4 is 16.0 Å². The van der Waals surface area contributed by atoms with Crippen LogP contribution in [0.4, 0.5) is 11.4 Å². The van der Waals surface area contributed by atoms with Gasteiger partial charge in [-0.25, -0.2) is 0 Å². The third kappa shape index (κ3) is 3.80. The van der Waals surface area contributed by atoms with E-state index in [1.54, 1.807) is 31.2 Å². The molecule has 0 bridgehead atoms. The van der Waals surface area contributed by atoms with Crippen LogP contribution in [0.1, 0.15) is 29.0 Å². The van der Waals surface area contributed by atoms with Gasteiger partial charge >= 0.3 is 0 Å². The summed E-state index contributed by atoms with van der Waals surface area (Å²) >= 11 is 0. The van der Waals surface area contributed by atoms with Crippen LogP contribution in [0.3, 0.4) is 0 Å². The molecule has 7 nitrogen and oxygen atoms in total. The number of hydrogen-bond donors (Lipinski definition) is 3. The van der Waals surface area contributed by atoms with Gasteiger partial charge < -0.3 is 20.5 Å². The number of nitrogens with one attached hydrogen (secondary N) is 3. The van der Waals surface area contributed by atoms with Crippen molar-refractivity contribution < 1.29 is 14.1 Å². The number of benzene rings is 1. The van der Waals surface area contributed by atoms with Gasteiger partial charge in [0.1, 0.15) is 11.3 Å². The summed E-state index contributed by atoms with van der Waals surface area (Å²) in [5.74, 6) is 0.300. The minimum absolute atomic E-state index is 0.0494. The molecule has 24 heavy (non-hydrogen) atoms. The highest BCUT2D eigenvalue weighted by Gasteiger charge is 2.20. The van der Waals surface area contributed by atoms with Gasteiger partial charge in [-0.2, -0.15) is 0 Å². The lowest BCUT2D eigenvalue weighted by Gasteiger charge is -2.21. The SMILES string of the molecule is Cc1oncc1C(=O)Nc1ccc(NC(=O)C2CCNCC2)cc1. The molecule has 7 heteroatoms. The second-order valence-electron chi connectivity index (χ2n) is 5.84. The van der Waals surface area contributed by atoms with Crippen molar-refractivity contribution in [2.75, 3.05) is 23.7 Å². The van der Waals surface area contributed by atoms with Gasteiger partial charge in [0.05, 0.1) is 6.20 Å². The Kier molecular flexibility index (Phi) is 4.90. The van der Waals surface area contributed by atoms with Crippen molar-refractivity contribution in [1.29, 1.82) is 0 Å². The molecule has 3 N–H and O–H groups in total. The van der Waals surface area contributed by atoms with Crippen molar-refractivity contribution in [1.82, 2.24) is 10.5 Å². The summed E-state index contributed by atoms with van der Waals surface area (Å²) in [4.78, 5) is 24.3. The van der Waals surface area contributed by atoms with Crippen LogP contribution in [0, 0.1) is 12.8 Å². The molecule has 1 aromatic heterocycles. The zero-order chi connectivity index (χ0) is 16.9. The van der Waals surface area contributed by atoms with Gasteiger partial charge in [0.2, 0.25) is 5.91 Å². The van der Waals surface area contributed by atoms with E-state index in [9.17, 15) is 9.59 Å². The maximum atomic E-state index is 12.2. The fourth-order valence-corrected chi connectivity index (χ4v) is 2.68. The van der Waals surface area contributed by atoms with E-state index in [-0.39, 0.29) is 17.7 Å². The van der Waals surface area contributed by atoms with Crippen LogP contribution in [0.15, 0.2) is 35.0 Å².